The Morgan fingerprint density at radius 1 is 0.142 bits per heavy atom. The zero-order valence-corrected chi connectivity index (χ0v) is 82.4. The molecule has 0 atom stereocenters. The van der Waals surface area contributed by atoms with Gasteiger partial charge in [0.2, 0.25) is 0 Å². The molecule has 0 heterocycles. The minimum Gasteiger partial charge on any atom is -0.310 e. The molecule has 0 aliphatic rings. The van der Waals surface area contributed by atoms with Crippen LogP contribution in [-0.2, 0) is 0 Å². The molecule has 4 nitrogen and oxygen atoms in total. The molecule has 0 saturated heterocycles. The van der Waals surface area contributed by atoms with Gasteiger partial charge in [-0.1, -0.05) is 267 Å². The van der Waals surface area contributed by atoms with E-state index in [1.165, 1.54) is 48.5 Å². The summed E-state index contributed by atoms with van der Waals surface area (Å²) in [6.07, 6.45) is 0. The Labute approximate surface area is 854 Å². The third-order valence-corrected chi connectivity index (χ3v) is 29.1. The van der Waals surface area contributed by atoms with Gasteiger partial charge < -0.3 is 19.6 Å². The van der Waals surface area contributed by atoms with Crippen molar-refractivity contribution in [1.29, 1.82) is 0 Å². The summed E-state index contributed by atoms with van der Waals surface area (Å²) in [6, 6.07) is 139. The zero-order chi connectivity index (χ0) is 102. The van der Waals surface area contributed by atoms with Gasteiger partial charge >= 0.3 is 0 Å². The summed E-state index contributed by atoms with van der Waals surface area (Å²) in [6.45, 7) is 16.7. The summed E-state index contributed by atoms with van der Waals surface area (Å²) >= 11 is 0. The summed E-state index contributed by atoms with van der Waals surface area (Å²) in [7, 11) is 0. The molecule has 0 amide bonds. The van der Waals surface area contributed by atoms with Gasteiger partial charge in [-0.25, -0.2) is 35.1 Å². The number of hydrogen-bond donors (Lipinski definition) is 0. The minimum atomic E-state index is -0.716. The van der Waals surface area contributed by atoms with Crippen LogP contribution in [0, 0.1) is 102 Å². The van der Waals surface area contributed by atoms with Crippen LogP contribution in [0.2, 0.25) is 0 Å². The van der Waals surface area contributed by atoms with Crippen molar-refractivity contribution in [2.45, 2.75) is 55.4 Å². The SMILES string of the molecule is Cc1ccccc1-c1cc(-c2ccccc2C)cc(N(c2cc(F)cc(F)c2)c2ccc3ccc4c(N(c5cc(F)cc(F)c5)c5cc(-c6ccccc6C)cc(-c6ccccc6C)c5)ccc5ccc2c3c54)c1.Cc1ccccc1-c1cc(-c2ccccc2C)cc(N(c2ccc(F)cc2F)c2ccc3ccc4c(N(c5cc(-c6ccccc6C)cc(-c6ccccc6C)c5)c5ccc(F)cc5F)ccc5ccc2c3c54)c1. The van der Waals surface area contributed by atoms with E-state index in [1.54, 1.807) is 0 Å². The molecule has 0 unspecified atom stereocenters. The Hall–Kier alpha value is -18.0. The van der Waals surface area contributed by atoms with E-state index < -0.39 is 46.5 Å². The molecule has 12 heteroatoms. The van der Waals surface area contributed by atoms with Crippen LogP contribution in [0.1, 0.15) is 44.5 Å². The lowest BCUT2D eigenvalue weighted by molar-refractivity contribution is 0.583. The van der Waals surface area contributed by atoms with Crippen LogP contribution in [0.15, 0.2) is 437 Å². The number of benzene rings is 24. The lowest BCUT2D eigenvalue weighted by atomic mass is 9.90. The number of rotatable bonds is 20. The zero-order valence-electron chi connectivity index (χ0n) is 82.4. The standard InChI is InChI=1S/2C68H48F4N2/c1-41-13-5-9-17-55(41)47-33-48(56-18-10-6-14-42(56)2)36-53(35-47)73(65-31-25-51(69)39-61(65)71)63-29-23-45-22-28-60-64(30-24-46-21-27-59(63)67(45)68(46)60)74(66-32-26-52(70)40-62(66)72)54-37-49(57-19-11-7-15-43(57)3)34-50(38-54)58-20-12-8-16-44(58)4;1-41-13-5-9-17-59(41)47-29-48(60-18-10-6-14-42(60)2)32-55(31-47)73(57-37-51(69)35-52(70)38-57)65-27-23-45-22-26-64-66(28-24-46-21-25-63(65)67(45)68(46)64)74(58-39-53(71)36-54(72)40-58)56-33-49(61-19-11-7-15-43(61)3)30-50(34-56)62-20-12-8-16-44(62)4/h2*5-40H,1-4H3. The first-order valence-electron chi connectivity index (χ1n) is 49.5. The first kappa shape index (κ1) is 93.6. The van der Waals surface area contributed by atoms with E-state index in [2.05, 4.69) is 286 Å². The predicted molar refractivity (Wildman–Crippen MR) is 600 cm³/mol. The fourth-order valence-corrected chi connectivity index (χ4v) is 22.0. The highest BCUT2D eigenvalue weighted by Crippen LogP contribution is 2.55. The van der Waals surface area contributed by atoms with E-state index in [0.29, 0.717) is 56.9 Å². The van der Waals surface area contributed by atoms with Crippen LogP contribution >= 0.6 is 0 Å². The van der Waals surface area contributed by atoms with E-state index in [1.807, 2.05) is 153 Å². The van der Waals surface area contributed by atoms with Crippen molar-refractivity contribution < 1.29 is 35.1 Å². The van der Waals surface area contributed by atoms with Crippen LogP contribution < -0.4 is 19.6 Å². The molecule has 0 bridgehead atoms. The van der Waals surface area contributed by atoms with Crippen molar-refractivity contribution in [2.24, 2.45) is 0 Å². The molecule has 0 aliphatic carbocycles. The molecule has 0 aromatic heterocycles. The molecule has 0 fully saturated rings. The predicted octanol–water partition coefficient (Wildman–Crippen LogP) is 40.0. The van der Waals surface area contributed by atoms with Crippen molar-refractivity contribution in [3.63, 3.8) is 0 Å². The molecule has 0 aliphatic heterocycles. The average molecular weight is 1940 g/mol. The molecular formula is C136H96F8N4. The maximum atomic E-state index is 16.7. The highest BCUT2D eigenvalue weighted by Gasteiger charge is 2.31. The van der Waals surface area contributed by atoms with Gasteiger partial charge in [0.15, 0.2) is 0 Å². The van der Waals surface area contributed by atoms with E-state index in [0.717, 1.165) is 222 Å². The van der Waals surface area contributed by atoms with Crippen LogP contribution in [0.5, 0.6) is 0 Å². The highest BCUT2D eigenvalue weighted by molar-refractivity contribution is 6.30. The molecule has 24 aromatic carbocycles. The fraction of sp³-hybridized carbons (Fsp3) is 0.0588. The number of aryl methyl sites for hydroxylation is 8. The molecular weight excluding hydrogens is 1840 g/mol. The molecule has 24 aromatic rings. The van der Waals surface area contributed by atoms with Crippen molar-refractivity contribution >= 4 is 133 Å². The molecule has 716 valence electrons. The van der Waals surface area contributed by atoms with E-state index in [-0.39, 0.29) is 11.4 Å². The second kappa shape index (κ2) is 38.6. The number of halogens is 8. The second-order valence-electron chi connectivity index (χ2n) is 38.6. The normalized spacial score (nSPS) is 11.5. The van der Waals surface area contributed by atoms with Crippen molar-refractivity contribution in [2.75, 3.05) is 19.6 Å². The summed E-state index contributed by atoms with van der Waals surface area (Å²) in [5.41, 5.74) is 31.1. The molecule has 0 spiro atoms. The molecule has 0 radical (unpaired) electrons. The minimum absolute atomic E-state index is 0.177. The Morgan fingerprint density at radius 2 is 0.318 bits per heavy atom. The van der Waals surface area contributed by atoms with Crippen LogP contribution in [0.25, 0.3) is 154 Å². The van der Waals surface area contributed by atoms with Crippen LogP contribution in [-0.4, -0.2) is 0 Å². The van der Waals surface area contributed by atoms with E-state index in [4.69, 9.17) is 0 Å². The first-order chi connectivity index (χ1) is 71.9. The van der Waals surface area contributed by atoms with Gasteiger partial charge in [-0.05, 0) is 378 Å². The third kappa shape index (κ3) is 17.4. The van der Waals surface area contributed by atoms with Crippen molar-refractivity contribution in [1.82, 2.24) is 0 Å². The number of anilines is 12. The first-order valence-corrected chi connectivity index (χ1v) is 49.5. The lowest BCUT2D eigenvalue weighted by Crippen LogP contribution is -2.14. The van der Waals surface area contributed by atoms with E-state index in [9.17, 15) is 8.78 Å². The molecule has 148 heavy (non-hydrogen) atoms. The van der Waals surface area contributed by atoms with Gasteiger partial charge in [-0.15, -0.1) is 0 Å². The van der Waals surface area contributed by atoms with Gasteiger partial charge in [0.25, 0.3) is 0 Å². The van der Waals surface area contributed by atoms with Crippen LogP contribution in [0.3, 0.4) is 0 Å². The average Bonchev–Trinajstić information content (AvgIpc) is 0.717. The quantitative estimate of drug-likeness (QED) is 0.0557. The lowest BCUT2D eigenvalue weighted by Gasteiger charge is -2.30. The Balaban J connectivity index is 0.000000163. The van der Waals surface area contributed by atoms with Gasteiger partial charge in [0, 0.05) is 68.6 Å². The number of nitrogens with zero attached hydrogens (tertiary/aromatic N) is 4. The highest BCUT2D eigenvalue weighted by atomic mass is 19.2. The van der Waals surface area contributed by atoms with Crippen molar-refractivity contribution in [3.05, 3.63) is 528 Å². The van der Waals surface area contributed by atoms with Gasteiger partial charge in [-0.3, -0.25) is 0 Å². The van der Waals surface area contributed by atoms with Gasteiger partial charge in [0.1, 0.15) is 46.5 Å². The topological polar surface area (TPSA) is 13.0 Å². The van der Waals surface area contributed by atoms with Crippen LogP contribution in [0.4, 0.5) is 103 Å². The largest absolute Gasteiger partial charge is 0.310 e. The molecule has 0 saturated carbocycles. The Kier molecular flexibility index (Phi) is 24.4. The summed E-state index contributed by atoms with van der Waals surface area (Å²) < 4.78 is 126. The van der Waals surface area contributed by atoms with Gasteiger partial charge in [-0.2, -0.15) is 0 Å². The maximum Gasteiger partial charge on any atom is 0.150 e. The fourth-order valence-electron chi connectivity index (χ4n) is 22.0. The maximum absolute atomic E-state index is 16.7. The second-order valence-corrected chi connectivity index (χ2v) is 38.6. The smallest absolute Gasteiger partial charge is 0.150 e. The van der Waals surface area contributed by atoms with E-state index >= 15 is 26.3 Å². The van der Waals surface area contributed by atoms with Crippen molar-refractivity contribution in [3.8, 4) is 89.0 Å². The summed E-state index contributed by atoms with van der Waals surface area (Å²) in [5, 5.41) is 10.8. The Bertz CT molecular complexity index is 8560. The summed E-state index contributed by atoms with van der Waals surface area (Å²) in [4.78, 5) is 7.70. The number of hydrogen-bond acceptors (Lipinski definition) is 4. The Morgan fingerprint density at radius 3 is 0.520 bits per heavy atom. The third-order valence-electron chi connectivity index (χ3n) is 29.1. The molecule has 0 N–H and O–H groups in total. The summed E-state index contributed by atoms with van der Waals surface area (Å²) in [5.74, 6) is -5.60. The monoisotopic (exact) mass is 1940 g/mol. The van der Waals surface area contributed by atoms with Gasteiger partial charge in [0.05, 0.1) is 45.5 Å². The molecule has 24 rings (SSSR count).